The molecule has 32 heavy (non-hydrogen) atoms. The lowest BCUT2D eigenvalue weighted by Gasteiger charge is -2.33. The molecule has 0 aromatic carbocycles. The van der Waals surface area contributed by atoms with Gasteiger partial charge in [0.1, 0.15) is 17.5 Å². The first-order chi connectivity index (χ1) is 15.3. The summed E-state index contributed by atoms with van der Waals surface area (Å²) in [5, 5.41) is 0.550. The molecular formula is C23H26Cl2FN5S. The average molecular weight is 494 g/mol. The Labute approximate surface area is 202 Å². The molecule has 2 aliphatic rings. The zero-order chi connectivity index (χ0) is 22.8. The highest BCUT2D eigenvalue weighted by atomic mass is 35.5. The molecule has 0 amide bonds. The highest BCUT2D eigenvalue weighted by Crippen LogP contribution is 2.43. The van der Waals surface area contributed by atoms with Crippen LogP contribution in [-0.2, 0) is 0 Å². The van der Waals surface area contributed by atoms with Gasteiger partial charge in [-0.3, -0.25) is 0 Å². The highest BCUT2D eigenvalue weighted by Gasteiger charge is 2.25. The Morgan fingerprint density at radius 2 is 1.78 bits per heavy atom. The first-order valence-electron chi connectivity index (χ1n) is 10.6. The number of nitrogen functional groups attached to an aromatic ring is 1. The van der Waals surface area contributed by atoms with Crippen molar-refractivity contribution in [3.05, 3.63) is 52.1 Å². The smallest absolute Gasteiger partial charge is 0.137 e. The number of nitrogens with two attached hydrogens (primary N) is 1. The van der Waals surface area contributed by atoms with Gasteiger partial charge < -0.3 is 15.5 Å². The molecule has 1 unspecified atom stereocenters. The third-order valence-electron chi connectivity index (χ3n) is 5.83. The summed E-state index contributed by atoms with van der Waals surface area (Å²) in [6, 6.07) is 6.09. The van der Waals surface area contributed by atoms with E-state index in [4.69, 9.17) is 28.9 Å². The second-order valence-corrected chi connectivity index (χ2v) is 10.3. The molecule has 0 saturated carbocycles. The third-order valence-corrected chi connectivity index (χ3v) is 7.80. The van der Waals surface area contributed by atoms with Crippen molar-refractivity contribution in [1.29, 1.82) is 0 Å². The number of piperazine rings is 1. The maximum absolute atomic E-state index is 14.0. The number of nitrogens with zero attached hydrogens (tertiary/aromatic N) is 4. The van der Waals surface area contributed by atoms with Crippen molar-refractivity contribution in [3.63, 3.8) is 0 Å². The lowest BCUT2D eigenvalue weighted by molar-refractivity contribution is 0.312. The molecular weight excluding hydrogens is 468 g/mol. The van der Waals surface area contributed by atoms with Crippen LogP contribution < -0.4 is 10.6 Å². The predicted molar refractivity (Wildman–Crippen MR) is 133 cm³/mol. The van der Waals surface area contributed by atoms with Crippen LogP contribution in [0.2, 0.25) is 0 Å². The molecule has 0 spiro atoms. The quantitative estimate of drug-likeness (QED) is 0.541. The van der Waals surface area contributed by atoms with Crippen molar-refractivity contribution in [3.8, 4) is 11.1 Å². The molecule has 1 saturated heterocycles. The van der Waals surface area contributed by atoms with Gasteiger partial charge in [0.05, 0.1) is 9.93 Å². The normalized spacial score (nSPS) is 19.0. The number of hydrogen-bond acceptors (Lipinski definition) is 6. The summed E-state index contributed by atoms with van der Waals surface area (Å²) in [6.07, 6.45) is 4.32. The van der Waals surface area contributed by atoms with Gasteiger partial charge in [0.25, 0.3) is 0 Å². The lowest BCUT2D eigenvalue weighted by Crippen LogP contribution is -2.44. The van der Waals surface area contributed by atoms with E-state index in [1.165, 1.54) is 11.8 Å². The van der Waals surface area contributed by atoms with Gasteiger partial charge in [0, 0.05) is 72.0 Å². The van der Waals surface area contributed by atoms with E-state index in [0.717, 1.165) is 48.0 Å². The maximum Gasteiger partial charge on any atom is 0.137 e. The van der Waals surface area contributed by atoms with Gasteiger partial charge in [-0.2, -0.15) is 0 Å². The van der Waals surface area contributed by atoms with Crippen LogP contribution in [0.25, 0.3) is 11.1 Å². The van der Waals surface area contributed by atoms with Crippen LogP contribution in [-0.4, -0.2) is 53.3 Å². The average Bonchev–Trinajstić information content (AvgIpc) is 2.79. The van der Waals surface area contributed by atoms with Crippen molar-refractivity contribution in [2.75, 3.05) is 43.9 Å². The van der Waals surface area contributed by atoms with E-state index in [1.807, 2.05) is 25.3 Å². The minimum absolute atomic E-state index is 0.118. The number of thioether (sulfide) groups is 1. The molecule has 2 aromatic rings. The van der Waals surface area contributed by atoms with Crippen LogP contribution in [0.15, 0.2) is 57.0 Å². The maximum atomic E-state index is 14.0. The minimum Gasteiger partial charge on any atom is -0.383 e. The summed E-state index contributed by atoms with van der Waals surface area (Å²) in [7, 11) is 2.14. The first kappa shape index (κ1) is 23.4. The van der Waals surface area contributed by atoms with Crippen molar-refractivity contribution in [2.24, 2.45) is 0 Å². The van der Waals surface area contributed by atoms with Crippen molar-refractivity contribution >= 4 is 46.6 Å². The van der Waals surface area contributed by atoms with E-state index in [0.29, 0.717) is 22.8 Å². The Balaban J connectivity index is 1.53. The van der Waals surface area contributed by atoms with E-state index in [1.54, 1.807) is 6.20 Å². The van der Waals surface area contributed by atoms with Gasteiger partial charge in [-0.15, -0.1) is 11.8 Å². The number of likely N-dealkylation sites (N-methyl/N-ethyl adjacent to an activating group) is 1. The van der Waals surface area contributed by atoms with Gasteiger partial charge in [0.15, 0.2) is 0 Å². The molecule has 3 heterocycles. The van der Waals surface area contributed by atoms with Gasteiger partial charge in [-0.05, 0) is 38.6 Å². The van der Waals surface area contributed by atoms with Crippen molar-refractivity contribution < 1.29 is 4.39 Å². The SMILES string of the molecule is CC(Sc1cc(-c2ccc(N3CCN(C)CC3)nc2)cnc1N)C1=C(Cl)CCC(F)=C1Cl. The van der Waals surface area contributed by atoms with E-state index < -0.39 is 0 Å². The van der Waals surface area contributed by atoms with Gasteiger partial charge in [-0.1, -0.05) is 23.2 Å². The van der Waals surface area contributed by atoms with Crippen LogP contribution >= 0.6 is 35.0 Å². The Morgan fingerprint density at radius 3 is 2.47 bits per heavy atom. The Kier molecular flexibility index (Phi) is 7.30. The molecule has 1 aliphatic heterocycles. The van der Waals surface area contributed by atoms with Gasteiger partial charge >= 0.3 is 0 Å². The largest absolute Gasteiger partial charge is 0.383 e. The van der Waals surface area contributed by atoms with E-state index in [-0.39, 0.29) is 22.5 Å². The lowest BCUT2D eigenvalue weighted by atomic mass is 10.0. The highest BCUT2D eigenvalue weighted by molar-refractivity contribution is 8.00. The predicted octanol–water partition coefficient (Wildman–Crippen LogP) is 5.66. The molecule has 170 valence electrons. The number of halogens is 3. The topological polar surface area (TPSA) is 58.3 Å². The van der Waals surface area contributed by atoms with E-state index in [9.17, 15) is 4.39 Å². The van der Waals surface area contributed by atoms with Crippen LogP contribution in [0.1, 0.15) is 19.8 Å². The third kappa shape index (κ3) is 5.06. The summed E-state index contributed by atoms with van der Waals surface area (Å²) < 4.78 is 14.0. The summed E-state index contributed by atoms with van der Waals surface area (Å²) in [4.78, 5) is 14.5. The monoisotopic (exact) mass is 493 g/mol. The number of anilines is 2. The van der Waals surface area contributed by atoms with Crippen LogP contribution in [0.3, 0.4) is 0 Å². The number of rotatable bonds is 5. The second-order valence-electron chi connectivity index (χ2n) is 8.10. The van der Waals surface area contributed by atoms with Crippen LogP contribution in [0.5, 0.6) is 0 Å². The Hall–Kier alpha value is -1.80. The summed E-state index contributed by atoms with van der Waals surface area (Å²) in [5.41, 5.74) is 8.66. The molecule has 2 aromatic heterocycles. The fraction of sp³-hybridized carbons (Fsp3) is 0.391. The van der Waals surface area contributed by atoms with Gasteiger partial charge in [0.2, 0.25) is 0 Å². The zero-order valence-electron chi connectivity index (χ0n) is 18.1. The number of pyridine rings is 2. The fourth-order valence-corrected chi connectivity index (χ4v) is 5.89. The van der Waals surface area contributed by atoms with E-state index >= 15 is 0 Å². The molecule has 0 radical (unpaired) electrons. The molecule has 9 heteroatoms. The van der Waals surface area contributed by atoms with Crippen molar-refractivity contribution in [2.45, 2.75) is 29.9 Å². The standard InChI is InChI=1S/C23H26Cl2FN5S/c1-14(21-17(24)4-5-18(26)22(21)25)32-19-11-16(13-29-23(19)27)15-3-6-20(28-12-15)31-9-7-30(2)8-10-31/h3,6,11-14H,4-5,7-10H2,1-2H3,(H2,27,29). The molecule has 2 N–H and O–H groups in total. The minimum atomic E-state index is -0.315. The van der Waals surface area contributed by atoms with Crippen LogP contribution in [0.4, 0.5) is 16.0 Å². The number of hydrogen-bond donors (Lipinski definition) is 1. The van der Waals surface area contributed by atoms with Crippen LogP contribution in [0, 0.1) is 0 Å². The molecule has 5 nitrogen and oxygen atoms in total. The zero-order valence-corrected chi connectivity index (χ0v) is 20.4. The molecule has 1 fully saturated rings. The van der Waals surface area contributed by atoms with Crippen molar-refractivity contribution in [1.82, 2.24) is 14.9 Å². The summed E-state index contributed by atoms with van der Waals surface area (Å²) in [5.74, 6) is 1.08. The van der Waals surface area contributed by atoms with Gasteiger partial charge in [-0.25, -0.2) is 14.4 Å². The Morgan fingerprint density at radius 1 is 1.06 bits per heavy atom. The molecule has 1 atom stereocenters. The molecule has 0 bridgehead atoms. The fourth-order valence-electron chi connectivity index (χ4n) is 3.86. The Bertz CT molecular complexity index is 1050. The summed E-state index contributed by atoms with van der Waals surface area (Å²) in [6.45, 7) is 5.96. The first-order valence-corrected chi connectivity index (χ1v) is 12.2. The summed E-state index contributed by atoms with van der Waals surface area (Å²) >= 11 is 14.1. The molecule has 1 aliphatic carbocycles. The number of aromatic nitrogens is 2. The second kappa shape index (κ2) is 10.00. The molecule has 4 rings (SSSR count). The number of allylic oxidation sites excluding steroid dienone is 3. The van der Waals surface area contributed by atoms with E-state index in [2.05, 4.69) is 32.9 Å².